The zero-order valence-electron chi connectivity index (χ0n) is 9.46. The van der Waals surface area contributed by atoms with E-state index in [1.54, 1.807) is 29.2 Å². The van der Waals surface area contributed by atoms with Crippen molar-refractivity contribution in [3.63, 3.8) is 0 Å². The van der Waals surface area contributed by atoms with Crippen molar-refractivity contribution in [3.05, 3.63) is 47.8 Å². The molecule has 5 heteroatoms. The third-order valence-corrected chi connectivity index (χ3v) is 2.41. The Morgan fingerprint density at radius 3 is 2.88 bits per heavy atom. The van der Waals surface area contributed by atoms with Crippen molar-refractivity contribution >= 4 is 11.7 Å². The summed E-state index contributed by atoms with van der Waals surface area (Å²) in [5, 5.41) is 4.08. The van der Waals surface area contributed by atoms with Crippen molar-refractivity contribution in [2.24, 2.45) is 0 Å². The Labute approximate surface area is 98.8 Å². The molecule has 0 saturated carbocycles. The first kappa shape index (κ1) is 11.2. The first-order valence-corrected chi connectivity index (χ1v) is 5.15. The van der Waals surface area contributed by atoms with E-state index in [0.29, 0.717) is 17.8 Å². The maximum absolute atomic E-state index is 11.6. The van der Waals surface area contributed by atoms with Gasteiger partial charge in [0.15, 0.2) is 0 Å². The minimum absolute atomic E-state index is 0.347. The fourth-order valence-corrected chi connectivity index (χ4v) is 1.61. The van der Waals surface area contributed by atoms with Crippen LogP contribution in [0.15, 0.2) is 36.7 Å². The molecule has 1 heterocycles. The summed E-state index contributed by atoms with van der Waals surface area (Å²) in [5.41, 5.74) is 7.57. The average molecular weight is 231 g/mol. The van der Waals surface area contributed by atoms with Gasteiger partial charge in [0, 0.05) is 6.20 Å². The first-order valence-electron chi connectivity index (χ1n) is 5.15. The number of esters is 1. The molecule has 0 aliphatic carbocycles. The van der Waals surface area contributed by atoms with Crippen LogP contribution in [-0.2, 0) is 11.3 Å². The summed E-state index contributed by atoms with van der Waals surface area (Å²) >= 11 is 0. The molecule has 0 unspecified atom stereocenters. The van der Waals surface area contributed by atoms with E-state index in [0.717, 1.165) is 5.56 Å². The second kappa shape index (κ2) is 4.69. The van der Waals surface area contributed by atoms with Crippen LogP contribution in [0.2, 0.25) is 0 Å². The topological polar surface area (TPSA) is 70.1 Å². The van der Waals surface area contributed by atoms with Gasteiger partial charge in [-0.05, 0) is 11.6 Å². The van der Waals surface area contributed by atoms with Gasteiger partial charge >= 0.3 is 5.97 Å². The third-order valence-electron chi connectivity index (χ3n) is 2.41. The van der Waals surface area contributed by atoms with Crippen molar-refractivity contribution < 1.29 is 9.53 Å². The van der Waals surface area contributed by atoms with Crippen LogP contribution in [0.1, 0.15) is 15.9 Å². The molecule has 0 amide bonds. The summed E-state index contributed by atoms with van der Waals surface area (Å²) in [6, 6.07) is 7.26. The largest absolute Gasteiger partial charge is 0.465 e. The van der Waals surface area contributed by atoms with Crippen molar-refractivity contribution in [3.8, 4) is 0 Å². The Hall–Kier alpha value is -2.30. The van der Waals surface area contributed by atoms with E-state index in [9.17, 15) is 4.79 Å². The highest BCUT2D eigenvalue weighted by Crippen LogP contribution is 2.12. The number of ether oxygens (including phenoxy) is 1. The quantitative estimate of drug-likeness (QED) is 0.808. The van der Waals surface area contributed by atoms with E-state index >= 15 is 0 Å². The monoisotopic (exact) mass is 231 g/mol. The number of carbonyl (C=O) groups excluding carboxylic acids is 1. The molecule has 0 bridgehead atoms. The van der Waals surface area contributed by atoms with Crippen LogP contribution in [0.5, 0.6) is 0 Å². The predicted molar refractivity (Wildman–Crippen MR) is 63.5 cm³/mol. The predicted octanol–water partition coefficient (Wildman–Crippen LogP) is 1.30. The number of benzene rings is 1. The number of aromatic nitrogens is 2. The maximum Gasteiger partial charge on any atom is 0.338 e. The standard InChI is InChI=1S/C12H13N3O2/c1-17-12(16)11-5-3-2-4-9(11)7-15-8-10(13)6-14-15/h2-6,8H,7,13H2,1H3. The smallest absolute Gasteiger partial charge is 0.338 e. The van der Waals surface area contributed by atoms with Crippen LogP contribution in [0.3, 0.4) is 0 Å². The molecule has 88 valence electrons. The molecule has 17 heavy (non-hydrogen) atoms. The summed E-state index contributed by atoms with van der Waals surface area (Å²) in [5.74, 6) is -0.347. The van der Waals surface area contributed by atoms with E-state index in [2.05, 4.69) is 5.10 Å². The number of methoxy groups -OCH3 is 1. The van der Waals surface area contributed by atoms with Gasteiger partial charge in [0.05, 0.1) is 31.1 Å². The van der Waals surface area contributed by atoms with Gasteiger partial charge in [0.1, 0.15) is 0 Å². The average Bonchev–Trinajstić information content (AvgIpc) is 2.74. The number of rotatable bonds is 3. The van der Waals surface area contributed by atoms with Gasteiger partial charge in [-0.15, -0.1) is 0 Å². The van der Waals surface area contributed by atoms with Crippen molar-refractivity contribution in [2.75, 3.05) is 12.8 Å². The van der Waals surface area contributed by atoms with Gasteiger partial charge in [-0.2, -0.15) is 5.10 Å². The zero-order valence-corrected chi connectivity index (χ0v) is 9.46. The molecule has 2 N–H and O–H groups in total. The Morgan fingerprint density at radius 1 is 1.47 bits per heavy atom. The number of anilines is 1. The molecular weight excluding hydrogens is 218 g/mol. The molecule has 0 saturated heterocycles. The van der Waals surface area contributed by atoms with Gasteiger partial charge in [-0.3, -0.25) is 4.68 Å². The number of nitrogens with zero attached hydrogens (tertiary/aromatic N) is 2. The van der Waals surface area contributed by atoms with Crippen LogP contribution in [0, 0.1) is 0 Å². The lowest BCUT2D eigenvalue weighted by Crippen LogP contribution is -2.09. The first-order chi connectivity index (χ1) is 8.20. The van der Waals surface area contributed by atoms with Crippen LogP contribution < -0.4 is 5.73 Å². The fourth-order valence-electron chi connectivity index (χ4n) is 1.61. The van der Waals surface area contributed by atoms with E-state index in [4.69, 9.17) is 10.5 Å². The van der Waals surface area contributed by atoms with E-state index in [-0.39, 0.29) is 5.97 Å². The molecule has 0 atom stereocenters. The lowest BCUT2D eigenvalue weighted by molar-refractivity contribution is 0.0599. The molecule has 0 aliphatic heterocycles. The summed E-state index contributed by atoms with van der Waals surface area (Å²) in [6.45, 7) is 0.489. The Morgan fingerprint density at radius 2 is 2.24 bits per heavy atom. The van der Waals surface area contributed by atoms with Gasteiger partial charge in [-0.25, -0.2) is 4.79 Å². The molecule has 1 aromatic carbocycles. The SMILES string of the molecule is COC(=O)c1ccccc1Cn1cc(N)cn1. The normalized spacial score (nSPS) is 10.2. The van der Waals surface area contributed by atoms with Crippen molar-refractivity contribution in [2.45, 2.75) is 6.54 Å². The summed E-state index contributed by atoms with van der Waals surface area (Å²) in [6.07, 6.45) is 3.29. The summed E-state index contributed by atoms with van der Waals surface area (Å²) in [4.78, 5) is 11.6. The van der Waals surface area contributed by atoms with E-state index < -0.39 is 0 Å². The van der Waals surface area contributed by atoms with Gasteiger partial charge in [0.25, 0.3) is 0 Å². The Bertz CT molecular complexity index is 534. The number of nitrogens with two attached hydrogens (primary N) is 1. The lowest BCUT2D eigenvalue weighted by Gasteiger charge is -2.07. The minimum atomic E-state index is -0.347. The molecule has 0 fully saturated rings. The molecular formula is C12H13N3O2. The highest BCUT2D eigenvalue weighted by Gasteiger charge is 2.11. The number of carbonyl (C=O) groups is 1. The van der Waals surface area contributed by atoms with Gasteiger partial charge in [-0.1, -0.05) is 18.2 Å². The molecule has 0 radical (unpaired) electrons. The summed E-state index contributed by atoms with van der Waals surface area (Å²) in [7, 11) is 1.37. The third kappa shape index (κ3) is 2.44. The number of hydrogen-bond acceptors (Lipinski definition) is 4. The minimum Gasteiger partial charge on any atom is -0.465 e. The van der Waals surface area contributed by atoms with Gasteiger partial charge < -0.3 is 10.5 Å². The van der Waals surface area contributed by atoms with Crippen molar-refractivity contribution in [1.29, 1.82) is 0 Å². The van der Waals surface area contributed by atoms with Crippen LogP contribution in [0.25, 0.3) is 0 Å². The summed E-state index contributed by atoms with van der Waals surface area (Å²) < 4.78 is 6.40. The van der Waals surface area contributed by atoms with Gasteiger partial charge in [0.2, 0.25) is 0 Å². The molecule has 2 aromatic rings. The second-order valence-corrected chi connectivity index (χ2v) is 3.62. The Kier molecular flexibility index (Phi) is 3.09. The molecule has 5 nitrogen and oxygen atoms in total. The zero-order chi connectivity index (χ0) is 12.3. The maximum atomic E-state index is 11.6. The second-order valence-electron chi connectivity index (χ2n) is 3.62. The molecule has 0 spiro atoms. The fraction of sp³-hybridized carbons (Fsp3) is 0.167. The Balaban J connectivity index is 2.29. The van der Waals surface area contributed by atoms with E-state index in [1.165, 1.54) is 7.11 Å². The highest BCUT2D eigenvalue weighted by molar-refractivity contribution is 5.90. The highest BCUT2D eigenvalue weighted by atomic mass is 16.5. The number of nitrogen functional groups attached to an aromatic ring is 1. The van der Waals surface area contributed by atoms with Crippen molar-refractivity contribution in [1.82, 2.24) is 9.78 Å². The molecule has 2 rings (SSSR count). The van der Waals surface area contributed by atoms with Crippen LogP contribution in [-0.4, -0.2) is 22.9 Å². The van der Waals surface area contributed by atoms with E-state index in [1.807, 2.05) is 12.1 Å². The lowest BCUT2D eigenvalue weighted by atomic mass is 10.1. The van der Waals surface area contributed by atoms with Crippen LogP contribution in [0.4, 0.5) is 5.69 Å². The number of hydrogen-bond donors (Lipinski definition) is 1. The molecule has 0 aliphatic rings. The molecule has 1 aromatic heterocycles. The van der Waals surface area contributed by atoms with Crippen LogP contribution >= 0.6 is 0 Å².